The first-order chi connectivity index (χ1) is 13.0. The molecule has 1 amide bonds. The normalized spacial score (nSPS) is 14.8. The van der Waals surface area contributed by atoms with E-state index in [1.807, 2.05) is 12.1 Å². The lowest BCUT2D eigenvalue weighted by molar-refractivity contribution is 0.0602. The van der Waals surface area contributed by atoms with Crippen molar-refractivity contribution >= 4 is 17.6 Å². The summed E-state index contributed by atoms with van der Waals surface area (Å²) < 4.78 is 17.7. The van der Waals surface area contributed by atoms with Gasteiger partial charge in [0.1, 0.15) is 5.82 Å². The number of nitrogen functional groups attached to an aromatic ring is 1. The third-order valence-corrected chi connectivity index (χ3v) is 5.04. The summed E-state index contributed by atoms with van der Waals surface area (Å²) >= 11 is 0. The van der Waals surface area contributed by atoms with Gasteiger partial charge in [0.2, 0.25) is 0 Å². The van der Waals surface area contributed by atoms with Gasteiger partial charge in [-0.15, -0.1) is 0 Å². The molecule has 1 heterocycles. The Kier molecular flexibility index (Phi) is 5.74. The highest BCUT2D eigenvalue weighted by molar-refractivity contribution is 6.00. The fraction of sp³-hybridized carbons (Fsp3) is 0.333. The number of esters is 1. The van der Waals surface area contributed by atoms with Crippen molar-refractivity contribution in [2.75, 3.05) is 25.9 Å². The highest BCUT2D eigenvalue weighted by Gasteiger charge is 2.25. The summed E-state index contributed by atoms with van der Waals surface area (Å²) in [5.74, 6) is -0.425. The second-order valence-electron chi connectivity index (χ2n) is 6.86. The molecule has 1 saturated heterocycles. The first kappa shape index (κ1) is 18.9. The van der Waals surface area contributed by atoms with Crippen molar-refractivity contribution in [2.45, 2.75) is 19.3 Å². The quantitative estimate of drug-likeness (QED) is 0.662. The number of benzene rings is 2. The number of piperidine rings is 1. The predicted octanol–water partition coefficient (Wildman–Crippen LogP) is 3.29. The summed E-state index contributed by atoms with van der Waals surface area (Å²) in [7, 11) is 1.28. The third-order valence-electron chi connectivity index (χ3n) is 5.04. The Morgan fingerprint density at radius 3 is 2.44 bits per heavy atom. The molecular weight excluding hydrogens is 347 g/mol. The summed E-state index contributed by atoms with van der Waals surface area (Å²) in [5, 5.41) is 0. The van der Waals surface area contributed by atoms with Crippen molar-refractivity contribution in [1.82, 2.24) is 4.90 Å². The molecular formula is C21H23FN2O3. The van der Waals surface area contributed by atoms with Gasteiger partial charge in [-0.3, -0.25) is 4.79 Å². The van der Waals surface area contributed by atoms with Crippen molar-refractivity contribution in [3.05, 3.63) is 65.0 Å². The molecule has 5 nitrogen and oxygen atoms in total. The number of hydrogen-bond acceptors (Lipinski definition) is 4. The smallest absolute Gasteiger partial charge is 0.339 e. The van der Waals surface area contributed by atoms with Gasteiger partial charge in [-0.25, -0.2) is 9.18 Å². The molecule has 142 valence electrons. The number of ether oxygens (including phenoxy) is 1. The van der Waals surface area contributed by atoms with E-state index in [1.165, 1.54) is 25.3 Å². The number of nitrogens with zero attached hydrogens (tertiary/aromatic N) is 1. The van der Waals surface area contributed by atoms with Gasteiger partial charge in [0, 0.05) is 24.3 Å². The second kappa shape index (κ2) is 8.20. The van der Waals surface area contributed by atoms with Gasteiger partial charge in [0.05, 0.1) is 12.7 Å². The van der Waals surface area contributed by atoms with E-state index in [2.05, 4.69) is 0 Å². The molecule has 1 aliphatic rings. The Labute approximate surface area is 157 Å². The predicted molar refractivity (Wildman–Crippen MR) is 101 cm³/mol. The van der Waals surface area contributed by atoms with Gasteiger partial charge in [0.25, 0.3) is 5.91 Å². The van der Waals surface area contributed by atoms with Crippen LogP contribution in [-0.2, 0) is 11.2 Å². The van der Waals surface area contributed by atoms with Crippen LogP contribution < -0.4 is 5.73 Å². The second-order valence-corrected chi connectivity index (χ2v) is 6.86. The zero-order valence-corrected chi connectivity index (χ0v) is 15.3. The number of amides is 1. The van der Waals surface area contributed by atoms with Gasteiger partial charge in [-0.1, -0.05) is 12.1 Å². The van der Waals surface area contributed by atoms with Crippen molar-refractivity contribution in [3.63, 3.8) is 0 Å². The number of halogens is 1. The van der Waals surface area contributed by atoms with Crippen LogP contribution in [0.2, 0.25) is 0 Å². The molecule has 1 aliphatic heterocycles. The minimum atomic E-state index is -0.555. The minimum Gasteiger partial charge on any atom is -0.465 e. The Morgan fingerprint density at radius 1 is 1.15 bits per heavy atom. The van der Waals surface area contributed by atoms with E-state index in [0.717, 1.165) is 24.8 Å². The zero-order chi connectivity index (χ0) is 19.4. The van der Waals surface area contributed by atoms with Crippen LogP contribution in [0.4, 0.5) is 10.1 Å². The van der Waals surface area contributed by atoms with E-state index in [0.29, 0.717) is 24.6 Å². The molecule has 0 radical (unpaired) electrons. The maximum absolute atomic E-state index is 13.0. The molecule has 1 fully saturated rings. The van der Waals surface area contributed by atoms with Crippen LogP contribution >= 0.6 is 0 Å². The fourth-order valence-electron chi connectivity index (χ4n) is 3.45. The van der Waals surface area contributed by atoms with Crippen LogP contribution in [-0.4, -0.2) is 37.0 Å². The maximum Gasteiger partial charge on any atom is 0.339 e. The summed E-state index contributed by atoms with van der Waals surface area (Å²) in [4.78, 5) is 26.3. The van der Waals surface area contributed by atoms with Crippen molar-refractivity contribution in [1.29, 1.82) is 0 Å². The first-order valence-electron chi connectivity index (χ1n) is 8.99. The van der Waals surface area contributed by atoms with Gasteiger partial charge in [-0.2, -0.15) is 0 Å². The van der Waals surface area contributed by atoms with Crippen molar-refractivity contribution in [2.24, 2.45) is 5.92 Å². The highest BCUT2D eigenvalue weighted by atomic mass is 19.1. The van der Waals surface area contributed by atoms with Crippen LogP contribution in [0, 0.1) is 11.7 Å². The molecule has 6 heteroatoms. The highest BCUT2D eigenvalue weighted by Crippen LogP contribution is 2.24. The topological polar surface area (TPSA) is 72.6 Å². The van der Waals surface area contributed by atoms with Crippen LogP contribution in [0.25, 0.3) is 0 Å². The molecule has 0 aliphatic carbocycles. The Morgan fingerprint density at radius 2 is 1.81 bits per heavy atom. The number of rotatable bonds is 4. The number of carbonyl (C=O) groups is 2. The standard InChI is InChI=1S/C21H23FN2O3/c1-27-21(26)18-13-16(4-7-19(18)23)20(25)24-10-8-15(9-11-24)12-14-2-5-17(22)6-3-14/h2-7,13,15H,8-12,23H2,1H3. The third kappa shape index (κ3) is 4.45. The fourth-order valence-corrected chi connectivity index (χ4v) is 3.45. The number of hydrogen-bond donors (Lipinski definition) is 1. The molecule has 0 bridgehead atoms. The molecule has 0 spiro atoms. The molecule has 2 aromatic carbocycles. The van der Waals surface area contributed by atoms with Gasteiger partial charge in [0.15, 0.2) is 0 Å². The molecule has 2 aromatic rings. The number of carbonyl (C=O) groups excluding carboxylic acids is 2. The molecule has 0 saturated carbocycles. The van der Waals surface area contributed by atoms with Crippen LogP contribution in [0.3, 0.4) is 0 Å². The molecule has 27 heavy (non-hydrogen) atoms. The maximum atomic E-state index is 13.0. The summed E-state index contributed by atoms with van der Waals surface area (Å²) in [6.07, 6.45) is 2.67. The lowest BCUT2D eigenvalue weighted by Crippen LogP contribution is -2.39. The summed E-state index contributed by atoms with van der Waals surface area (Å²) in [5.41, 5.74) is 7.83. The molecule has 2 N–H and O–H groups in total. The minimum absolute atomic E-state index is 0.111. The molecule has 3 rings (SSSR count). The number of nitrogens with two attached hydrogens (primary N) is 1. The first-order valence-corrected chi connectivity index (χ1v) is 8.99. The van der Waals surface area contributed by atoms with Crippen LogP contribution in [0.15, 0.2) is 42.5 Å². The van der Waals surface area contributed by atoms with E-state index in [9.17, 15) is 14.0 Å². The monoisotopic (exact) mass is 370 g/mol. The van der Waals surface area contributed by atoms with E-state index in [-0.39, 0.29) is 23.0 Å². The van der Waals surface area contributed by atoms with Crippen molar-refractivity contribution in [3.8, 4) is 0 Å². The Balaban J connectivity index is 1.61. The van der Waals surface area contributed by atoms with E-state index in [1.54, 1.807) is 17.0 Å². The molecule has 0 aromatic heterocycles. The van der Waals surface area contributed by atoms with Gasteiger partial charge in [-0.05, 0) is 61.1 Å². The zero-order valence-electron chi connectivity index (χ0n) is 15.3. The Bertz CT molecular complexity index is 828. The average molecular weight is 370 g/mol. The van der Waals surface area contributed by atoms with Crippen LogP contribution in [0.5, 0.6) is 0 Å². The lowest BCUT2D eigenvalue weighted by Gasteiger charge is -2.32. The SMILES string of the molecule is COC(=O)c1cc(C(=O)N2CCC(Cc3ccc(F)cc3)CC2)ccc1N. The summed E-state index contributed by atoms with van der Waals surface area (Å²) in [6.45, 7) is 1.31. The number of anilines is 1. The average Bonchev–Trinajstić information content (AvgIpc) is 2.69. The largest absolute Gasteiger partial charge is 0.465 e. The van der Waals surface area contributed by atoms with E-state index >= 15 is 0 Å². The van der Waals surface area contributed by atoms with Crippen molar-refractivity contribution < 1.29 is 18.7 Å². The van der Waals surface area contributed by atoms with Gasteiger partial charge >= 0.3 is 5.97 Å². The van der Waals surface area contributed by atoms with E-state index in [4.69, 9.17) is 10.5 Å². The van der Waals surface area contributed by atoms with Crippen LogP contribution in [0.1, 0.15) is 39.1 Å². The van der Waals surface area contributed by atoms with Gasteiger partial charge < -0.3 is 15.4 Å². The molecule has 0 atom stereocenters. The Hall–Kier alpha value is -2.89. The summed E-state index contributed by atoms with van der Waals surface area (Å²) in [6, 6.07) is 11.3. The lowest BCUT2D eigenvalue weighted by atomic mass is 9.90. The molecule has 0 unspecified atom stereocenters. The number of methoxy groups -OCH3 is 1. The van der Waals surface area contributed by atoms with E-state index < -0.39 is 5.97 Å². The number of likely N-dealkylation sites (tertiary alicyclic amines) is 1.